The van der Waals surface area contributed by atoms with Crippen LogP contribution >= 0.6 is 11.3 Å². The molecule has 1 N–H and O–H groups in total. The molecule has 10 heteroatoms. The largest absolute Gasteiger partial charge is 0.462 e. The number of esters is 1. The molecule has 180 valence electrons. The number of ether oxygens (including phenoxy) is 3. The van der Waals surface area contributed by atoms with Gasteiger partial charge in [-0.15, -0.1) is 11.3 Å². The Morgan fingerprint density at radius 3 is 2.77 bits per heavy atom. The van der Waals surface area contributed by atoms with Gasteiger partial charge < -0.3 is 19.5 Å². The lowest BCUT2D eigenvalue weighted by Gasteiger charge is -2.06. The van der Waals surface area contributed by atoms with Crippen molar-refractivity contribution in [2.24, 2.45) is 0 Å². The maximum atomic E-state index is 12.7. The van der Waals surface area contributed by atoms with Gasteiger partial charge in [-0.2, -0.15) is 0 Å². The number of benzene rings is 2. The number of nitro benzene ring substituents is 1. The van der Waals surface area contributed by atoms with Crippen LogP contribution in [0.3, 0.4) is 0 Å². The molecule has 2 heterocycles. The molecule has 0 saturated heterocycles. The second kappa shape index (κ2) is 10.4. The monoisotopic (exact) mass is 494 g/mol. The molecular weight excluding hydrogens is 472 g/mol. The molecule has 1 aliphatic heterocycles. The van der Waals surface area contributed by atoms with Gasteiger partial charge in [0, 0.05) is 29.5 Å². The van der Waals surface area contributed by atoms with Gasteiger partial charge in [0.05, 0.1) is 17.1 Å². The summed E-state index contributed by atoms with van der Waals surface area (Å²) < 4.78 is 16.0. The molecule has 0 spiro atoms. The van der Waals surface area contributed by atoms with E-state index < -0.39 is 16.8 Å². The van der Waals surface area contributed by atoms with Crippen LogP contribution in [0.15, 0.2) is 48.5 Å². The van der Waals surface area contributed by atoms with Crippen LogP contribution in [0.5, 0.6) is 11.5 Å². The molecule has 0 unspecified atom stereocenters. The van der Waals surface area contributed by atoms with E-state index in [1.165, 1.54) is 35.6 Å². The first-order valence-corrected chi connectivity index (χ1v) is 11.6. The quantitative estimate of drug-likeness (QED) is 0.200. The fourth-order valence-electron chi connectivity index (χ4n) is 3.57. The van der Waals surface area contributed by atoms with E-state index in [0.29, 0.717) is 34.0 Å². The zero-order valence-electron chi connectivity index (χ0n) is 19.0. The first kappa shape index (κ1) is 24.0. The first-order chi connectivity index (χ1) is 16.9. The molecule has 1 aromatic heterocycles. The van der Waals surface area contributed by atoms with Crippen LogP contribution in [0.1, 0.15) is 38.8 Å². The van der Waals surface area contributed by atoms with Crippen molar-refractivity contribution in [1.82, 2.24) is 0 Å². The van der Waals surface area contributed by atoms with Gasteiger partial charge in [0.15, 0.2) is 11.5 Å². The van der Waals surface area contributed by atoms with E-state index in [-0.39, 0.29) is 19.1 Å². The highest BCUT2D eigenvalue weighted by molar-refractivity contribution is 7.17. The van der Waals surface area contributed by atoms with E-state index in [1.807, 2.05) is 25.1 Å². The molecule has 9 nitrogen and oxygen atoms in total. The van der Waals surface area contributed by atoms with Crippen LogP contribution in [0, 0.1) is 17.0 Å². The van der Waals surface area contributed by atoms with Crippen molar-refractivity contribution in [3.05, 3.63) is 85.8 Å². The van der Waals surface area contributed by atoms with Crippen LogP contribution in [0.4, 0.5) is 10.7 Å². The van der Waals surface area contributed by atoms with E-state index >= 15 is 0 Å². The average Bonchev–Trinajstić information content (AvgIpc) is 3.42. The minimum atomic E-state index is -0.517. The molecular formula is C25H22N2O7S. The van der Waals surface area contributed by atoms with Crippen molar-refractivity contribution >= 4 is 40.0 Å². The number of nitrogens with one attached hydrogen (secondary N) is 1. The van der Waals surface area contributed by atoms with Gasteiger partial charge in [-0.1, -0.05) is 18.2 Å². The van der Waals surface area contributed by atoms with Crippen LogP contribution in [0.2, 0.25) is 0 Å². The summed E-state index contributed by atoms with van der Waals surface area (Å²) in [6.45, 7) is 3.92. The van der Waals surface area contributed by atoms with Crippen molar-refractivity contribution in [2.75, 3.05) is 18.7 Å². The Kier molecular flexibility index (Phi) is 7.11. The van der Waals surface area contributed by atoms with Gasteiger partial charge in [-0.25, -0.2) is 4.79 Å². The van der Waals surface area contributed by atoms with Gasteiger partial charge >= 0.3 is 5.97 Å². The van der Waals surface area contributed by atoms with Gasteiger partial charge in [-0.3, -0.25) is 14.9 Å². The lowest BCUT2D eigenvalue weighted by atomic mass is 10.1. The minimum Gasteiger partial charge on any atom is -0.462 e. The fraction of sp³-hybridized carbons (Fsp3) is 0.200. The van der Waals surface area contributed by atoms with Gasteiger partial charge in [0.1, 0.15) is 5.00 Å². The second-order valence-electron chi connectivity index (χ2n) is 7.61. The molecule has 1 amide bonds. The average molecular weight is 495 g/mol. The predicted octanol–water partition coefficient (Wildman–Crippen LogP) is 5.11. The third-order valence-electron chi connectivity index (χ3n) is 5.27. The standard InChI is InChI=1S/C25H22N2O7S/c1-3-32-25(29)23-15(2)21(13-17-7-9-19-20(12-17)34-14-33-19)35-24(23)26-22(28)10-8-16-5-4-6-18(11-16)27(30)31/h4-12H,3,13-14H2,1-2H3,(H,26,28). The lowest BCUT2D eigenvalue weighted by molar-refractivity contribution is -0.384. The van der Waals surface area contributed by atoms with Gasteiger partial charge in [0.2, 0.25) is 12.7 Å². The van der Waals surface area contributed by atoms with Crippen LogP contribution in [-0.4, -0.2) is 30.2 Å². The number of thiophene rings is 1. The molecule has 0 bridgehead atoms. The number of amides is 1. The minimum absolute atomic E-state index is 0.0702. The van der Waals surface area contributed by atoms with E-state index in [4.69, 9.17) is 14.2 Å². The normalized spacial score (nSPS) is 12.1. The molecule has 4 rings (SSSR count). The Morgan fingerprint density at radius 1 is 1.20 bits per heavy atom. The third kappa shape index (κ3) is 5.49. The highest BCUT2D eigenvalue weighted by atomic mass is 32.1. The maximum Gasteiger partial charge on any atom is 0.341 e. The topological polar surface area (TPSA) is 117 Å². The van der Waals surface area contributed by atoms with Crippen molar-refractivity contribution in [3.63, 3.8) is 0 Å². The van der Waals surface area contributed by atoms with E-state index in [9.17, 15) is 19.7 Å². The summed E-state index contributed by atoms with van der Waals surface area (Å²) in [6.07, 6.45) is 3.26. The predicted molar refractivity (Wildman–Crippen MR) is 131 cm³/mol. The zero-order valence-corrected chi connectivity index (χ0v) is 19.8. The Labute approximate surface area is 205 Å². The first-order valence-electron chi connectivity index (χ1n) is 10.8. The highest BCUT2D eigenvalue weighted by Crippen LogP contribution is 2.37. The maximum absolute atomic E-state index is 12.7. The summed E-state index contributed by atoms with van der Waals surface area (Å²) in [5, 5.41) is 14.1. The number of fused-ring (bicyclic) bond motifs is 1. The molecule has 0 saturated carbocycles. The number of hydrogen-bond donors (Lipinski definition) is 1. The van der Waals surface area contributed by atoms with E-state index in [0.717, 1.165) is 16.0 Å². The Bertz CT molecular complexity index is 1330. The molecule has 0 atom stereocenters. The van der Waals surface area contributed by atoms with Crippen molar-refractivity contribution in [3.8, 4) is 11.5 Å². The Hall–Kier alpha value is -4.18. The van der Waals surface area contributed by atoms with Crippen LogP contribution < -0.4 is 14.8 Å². The number of nitro groups is 1. The molecule has 0 fully saturated rings. The van der Waals surface area contributed by atoms with Crippen LogP contribution in [0.25, 0.3) is 6.08 Å². The second-order valence-corrected chi connectivity index (χ2v) is 8.72. The van der Waals surface area contributed by atoms with E-state index in [2.05, 4.69) is 5.32 Å². The van der Waals surface area contributed by atoms with Crippen molar-refractivity contribution in [2.45, 2.75) is 20.3 Å². The summed E-state index contributed by atoms with van der Waals surface area (Å²) in [4.78, 5) is 36.7. The Morgan fingerprint density at radius 2 is 2.00 bits per heavy atom. The SMILES string of the molecule is CCOC(=O)c1c(NC(=O)C=Cc2cccc([N+](=O)[O-])c2)sc(Cc2ccc3c(c2)OCO3)c1C. The highest BCUT2D eigenvalue weighted by Gasteiger charge is 2.24. The molecule has 1 aliphatic rings. The van der Waals surface area contributed by atoms with E-state index in [1.54, 1.807) is 19.1 Å². The number of nitrogens with zero attached hydrogens (tertiary/aromatic N) is 1. The summed E-state index contributed by atoms with van der Waals surface area (Å²) in [6, 6.07) is 11.6. The summed E-state index contributed by atoms with van der Waals surface area (Å²) in [7, 11) is 0. The number of carbonyl (C=O) groups is 2. The van der Waals surface area contributed by atoms with Gasteiger partial charge in [-0.05, 0) is 48.7 Å². The van der Waals surface area contributed by atoms with Crippen molar-refractivity contribution < 1.29 is 28.7 Å². The number of rotatable bonds is 8. The smallest absolute Gasteiger partial charge is 0.341 e. The zero-order chi connectivity index (χ0) is 24.9. The molecule has 0 aliphatic carbocycles. The summed E-state index contributed by atoms with van der Waals surface area (Å²) in [5.74, 6) is 0.364. The number of carbonyl (C=O) groups excluding carboxylic acids is 2. The van der Waals surface area contributed by atoms with Gasteiger partial charge in [0.25, 0.3) is 5.69 Å². The Balaban J connectivity index is 1.57. The third-order valence-corrected chi connectivity index (χ3v) is 6.48. The summed E-state index contributed by atoms with van der Waals surface area (Å²) >= 11 is 1.30. The summed E-state index contributed by atoms with van der Waals surface area (Å²) in [5.41, 5.74) is 2.44. The molecule has 0 radical (unpaired) electrons. The lowest BCUT2D eigenvalue weighted by Crippen LogP contribution is -2.12. The van der Waals surface area contributed by atoms with Crippen LogP contribution in [-0.2, 0) is 16.0 Å². The molecule has 3 aromatic rings. The van der Waals surface area contributed by atoms with Crippen molar-refractivity contribution in [1.29, 1.82) is 0 Å². The molecule has 2 aromatic carbocycles. The molecule has 35 heavy (non-hydrogen) atoms. The fourth-order valence-corrected chi connectivity index (χ4v) is 4.80. The number of non-ortho nitro benzene ring substituents is 1. The number of hydrogen-bond acceptors (Lipinski definition) is 8. The number of anilines is 1.